The number of benzene rings is 2. The minimum absolute atomic E-state index is 0.207. The fourth-order valence-electron chi connectivity index (χ4n) is 3.36. The molecule has 3 N–H and O–H groups in total. The number of aryl methyl sites for hydroxylation is 1. The van der Waals surface area contributed by atoms with Gasteiger partial charge in [0.1, 0.15) is 12.4 Å². The highest BCUT2D eigenvalue weighted by Crippen LogP contribution is 2.38. The van der Waals surface area contributed by atoms with E-state index in [1.165, 1.54) is 0 Å². The zero-order chi connectivity index (χ0) is 20.8. The number of hydrogen-bond acceptors (Lipinski definition) is 5. The number of nitrogen functional groups attached to an aromatic ring is 1. The number of rotatable bonds is 8. The number of methoxy groups -OCH3 is 1. The molecule has 0 aliphatic carbocycles. The Hall–Kier alpha value is -3.19. The van der Waals surface area contributed by atoms with Gasteiger partial charge in [0.25, 0.3) is 0 Å². The van der Waals surface area contributed by atoms with Crippen molar-refractivity contribution in [2.75, 3.05) is 38.0 Å². The van der Waals surface area contributed by atoms with E-state index >= 15 is 0 Å². The first-order valence-corrected chi connectivity index (χ1v) is 9.66. The van der Waals surface area contributed by atoms with Crippen molar-refractivity contribution in [3.8, 4) is 17.0 Å². The van der Waals surface area contributed by atoms with E-state index in [0.29, 0.717) is 24.6 Å². The Labute approximate surface area is 170 Å². The SMILES string of the molecule is CCOCCOC(=O)Nc1cccc(-c2c(N)c3ccc(OC)cc3n2CC)c1. The van der Waals surface area contributed by atoms with Gasteiger partial charge in [0.05, 0.1) is 30.6 Å². The van der Waals surface area contributed by atoms with E-state index in [2.05, 4.69) is 16.8 Å². The lowest BCUT2D eigenvalue weighted by atomic mass is 10.1. The highest BCUT2D eigenvalue weighted by Gasteiger charge is 2.17. The van der Waals surface area contributed by atoms with Crippen LogP contribution in [0.5, 0.6) is 5.75 Å². The summed E-state index contributed by atoms with van der Waals surface area (Å²) in [6.07, 6.45) is -0.518. The molecule has 1 heterocycles. The number of carbonyl (C=O) groups excluding carboxylic acids is 1. The molecule has 0 atom stereocenters. The Bertz CT molecular complexity index is 997. The first kappa shape index (κ1) is 20.5. The fourth-order valence-corrected chi connectivity index (χ4v) is 3.36. The van der Waals surface area contributed by atoms with Gasteiger partial charge in [-0.25, -0.2) is 4.79 Å². The Morgan fingerprint density at radius 2 is 1.97 bits per heavy atom. The van der Waals surface area contributed by atoms with E-state index in [0.717, 1.165) is 34.5 Å². The van der Waals surface area contributed by atoms with Crippen LogP contribution in [-0.4, -0.2) is 37.6 Å². The number of anilines is 2. The molecule has 29 heavy (non-hydrogen) atoms. The largest absolute Gasteiger partial charge is 0.497 e. The molecule has 1 aromatic heterocycles. The summed E-state index contributed by atoms with van der Waals surface area (Å²) in [5.41, 5.74) is 10.6. The quantitative estimate of drug-likeness (QED) is 0.546. The molecule has 0 spiro atoms. The van der Waals surface area contributed by atoms with Crippen LogP contribution in [0.1, 0.15) is 13.8 Å². The van der Waals surface area contributed by atoms with Gasteiger partial charge < -0.3 is 24.5 Å². The normalized spacial score (nSPS) is 10.9. The maximum Gasteiger partial charge on any atom is 0.411 e. The topological polar surface area (TPSA) is 87.7 Å². The molecule has 7 heteroatoms. The second-order valence-corrected chi connectivity index (χ2v) is 6.43. The molecule has 0 aliphatic rings. The van der Waals surface area contributed by atoms with E-state index in [1.54, 1.807) is 7.11 Å². The van der Waals surface area contributed by atoms with Gasteiger partial charge in [-0.15, -0.1) is 0 Å². The van der Waals surface area contributed by atoms with Gasteiger partial charge in [-0.2, -0.15) is 0 Å². The Balaban J connectivity index is 1.89. The van der Waals surface area contributed by atoms with Crippen LogP contribution in [0, 0.1) is 0 Å². The zero-order valence-corrected chi connectivity index (χ0v) is 17.0. The van der Waals surface area contributed by atoms with Gasteiger partial charge in [0, 0.05) is 35.9 Å². The average Bonchev–Trinajstić information content (AvgIpc) is 3.02. The van der Waals surface area contributed by atoms with Crippen LogP contribution in [0.3, 0.4) is 0 Å². The summed E-state index contributed by atoms with van der Waals surface area (Å²) in [5, 5.41) is 3.72. The molecule has 0 saturated heterocycles. The fraction of sp³-hybridized carbons (Fsp3) is 0.318. The summed E-state index contributed by atoms with van der Waals surface area (Å²) in [6, 6.07) is 13.4. The van der Waals surface area contributed by atoms with Gasteiger partial charge in [0.2, 0.25) is 0 Å². The van der Waals surface area contributed by atoms with Crippen molar-refractivity contribution in [1.82, 2.24) is 4.57 Å². The first-order chi connectivity index (χ1) is 14.1. The minimum atomic E-state index is -0.518. The molecule has 3 rings (SSSR count). The molecule has 0 bridgehead atoms. The number of nitrogens with one attached hydrogen (secondary N) is 1. The van der Waals surface area contributed by atoms with Crippen molar-refractivity contribution in [2.24, 2.45) is 0 Å². The molecule has 1 amide bonds. The van der Waals surface area contributed by atoms with Gasteiger partial charge in [-0.05, 0) is 38.1 Å². The molecule has 0 saturated carbocycles. The monoisotopic (exact) mass is 397 g/mol. The highest BCUT2D eigenvalue weighted by atomic mass is 16.6. The standard InChI is InChI=1S/C22H27N3O4/c1-4-25-19-14-17(27-3)9-10-18(19)20(23)21(25)15-7-6-8-16(13-15)24-22(26)29-12-11-28-5-2/h6-10,13-14H,4-5,11-12,23H2,1-3H3,(H,24,26). The van der Waals surface area contributed by atoms with Crippen molar-refractivity contribution >= 4 is 28.4 Å². The van der Waals surface area contributed by atoms with E-state index in [-0.39, 0.29) is 6.61 Å². The molecule has 0 unspecified atom stereocenters. The smallest absolute Gasteiger partial charge is 0.411 e. The summed E-state index contributed by atoms with van der Waals surface area (Å²) < 4.78 is 17.8. The number of amides is 1. The molecule has 154 valence electrons. The van der Waals surface area contributed by atoms with Crippen molar-refractivity contribution < 1.29 is 19.0 Å². The van der Waals surface area contributed by atoms with Crippen LogP contribution in [0.4, 0.5) is 16.2 Å². The Morgan fingerprint density at radius 1 is 1.14 bits per heavy atom. The number of carbonyl (C=O) groups is 1. The molecule has 3 aromatic rings. The van der Waals surface area contributed by atoms with Crippen molar-refractivity contribution in [3.63, 3.8) is 0 Å². The molecular formula is C22H27N3O4. The second-order valence-electron chi connectivity index (χ2n) is 6.43. The predicted molar refractivity (Wildman–Crippen MR) is 115 cm³/mol. The lowest BCUT2D eigenvalue weighted by molar-refractivity contribution is 0.0850. The molecular weight excluding hydrogens is 370 g/mol. The van der Waals surface area contributed by atoms with Crippen LogP contribution in [-0.2, 0) is 16.0 Å². The van der Waals surface area contributed by atoms with Crippen LogP contribution in [0.15, 0.2) is 42.5 Å². The van der Waals surface area contributed by atoms with Crippen molar-refractivity contribution in [3.05, 3.63) is 42.5 Å². The van der Waals surface area contributed by atoms with Crippen molar-refractivity contribution in [2.45, 2.75) is 20.4 Å². The summed E-state index contributed by atoms with van der Waals surface area (Å²) in [7, 11) is 1.65. The predicted octanol–water partition coefficient (Wildman–Crippen LogP) is 4.50. The molecule has 7 nitrogen and oxygen atoms in total. The van der Waals surface area contributed by atoms with Gasteiger partial charge in [0.15, 0.2) is 0 Å². The second kappa shape index (κ2) is 9.34. The lowest BCUT2D eigenvalue weighted by Gasteiger charge is -2.12. The third-order valence-corrected chi connectivity index (χ3v) is 4.67. The zero-order valence-electron chi connectivity index (χ0n) is 17.0. The van der Waals surface area contributed by atoms with E-state index < -0.39 is 6.09 Å². The van der Waals surface area contributed by atoms with E-state index in [9.17, 15) is 4.79 Å². The van der Waals surface area contributed by atoms with E-state index in [1.807, 2.05) is 49.4 Å². The highest BCUT2D eigenvalue weighted by molar-refractivity contribution is 6.01. The molecule has 0 fully saturated rings. The van der Waals surface area contributed by atoms with Gasteiger partial charge in [-0.3, -0.25) is 5.32 Å². The van der Waals surface area contributed by atoms with Crippen LogP contribution < -0.4 is 15.8 Å². The number of nitrogens with two attached hydrogens (primary N) is 1. The number of nitrogens with zero attached hydrogens (tertiary/aromatic N) is 1. The third kappa shape index (κ3) is 4.46. The summed E-state index contributed by atoms with van der Waals surface area (Å²) in [6.45, 7) is 5.88. The molecule has 2 aromatic carbocycles. The number of ether oxygens (including phenoxy) is 3. The lowest BCUT2D eigenvalue weighted by Crippen LogP contribution is -2.16. The number of fused-ring (bicyclic) bond motifs is 1. The average molecular weight is 397 g/mol. The minimum Gasteiger partial charge on any atom is -0.497 e. The Kier molecular flexibility index (Phi) is 6.61. The summed E-state index contributed by atoms with van der Waals surface area (Å²) in [4.78, 5) is 12.0. The Morgan fingerprint density at radius 3 is 2.69 bits per heavy atom. The third-order valence-electron chi connectivity index (χ3n) is 4.67. The molecule has 0 aliphatic heterocycles. The van der Waals surface area contributed by atoms with Crippen LogP contribution in [0.25, 0.3) is 22.2 Å². The van der Waals surface area contributed by atoms with Crippen LogP contribution in [0.2, 0.25) is 0 Å². The van der Waals surface area contributed by atoms with Crippen LogP contribution >= 0.6 is 0 Å². The van der Waals surface area contributed by atoms with Gasteiger partial charge >= 0.3 is 6.09 Å². The first-order valence-electron chi connectivity index (χ1n) is 9.66. The maximum absolute atomic E-state index is 12.0. The van der Waals surface area contributed by atoms with E-state index in [4.69, 9.17) is 19.9 Å². The summed E-state index contributed by atoms with van der Waals surface area (Å²) in [5.74, 6) is 0.779. The summed E-state index contributed by atoms with van der Waals surface area (Å²) >= 11 is 0. The number of aromatic nitrogens is 1. The van der Waals surface area contributed by atoms with Gasteiger partial charge in [-0.1, -0.05) is 12.1 Å². The maximum atomic E-state index is 12.0. The van der Waals surface area contributed by atoms with Crippen molar-refractivity contribution in [1.29, 1.82) is 0 Å². The molecule has 0 radical (unpaired) electrons. The number of hydrogen-bond donors (Lipinski definition) is 2.